The molecule has 0 heterocycles. The lowest BCUT2D eigenvalue weighted by molar-refractivity contribution is 0.513. The number of aliphatic hydroxyl groups is 1. The SMILES string of the molecule is C=C(C)CCC(=C)NC(=C)c1cc(C)ccc1C(=C)O. The predicted molar refractivity (Wildman–Crippen MR) is 88.2 cm³/mol. The minimum Gasteiger partial charge on any atom is -0.508 e. The number of aliphatic hydroxyl groups excluding tert-OH is 1. The van der Waals surface area contributed by atoms with Crippen molar-refractivity contribution in [1.82, 2.24) is 5.32 Å². The Morgan fingerprint density at radius 1 is 1.10 bits per heavy atom. The van der Waals surface area contributed by atoms with Crippen LogP contribution < -0.4 is 5.32 Å². The lowest BCUT2D eigenvalue weighted by Crippen LogP contribution is -2.11. The zero-order valence-corrected chi connectivity index (χ0v) is 12.4. The first kappa shape index (κ1) is 15.8. The van der Waals surface area contributed by atoms with E-state index in [1.165, 1.54) is 0 Å². The first-order chi connectivity index (χ1) is 9.31. The number of aryl methyl sites for hydroxylation is 1. The van der Waals surface area contributed by atoms with Gasteiger partial charge in [-0.3, -0.25) is 0 Å². The van der Waals surface area contributed by atoms with Gasteiger partial charge >= 0.3 is 0 Å². The molecule has 0 fully saturated rings. The lowest BCUT2D eigenvalue weighted by Gasteiger charge is -2.16. The lowest BCUT2D eigenvalue weighted by atomic mass is 10.0. The Labute approximate surface area is 121 Å². The minimum atomic E-state index is 0.0375. The molecule has 2 heteroatoms. The molecule has 1 aromatic rings. The third-order valence-corrected chi connectivity index (χ3v) is 2.99. The summed E-state index contributed by atoms with van der Waals surface area (Å²) < 4.78 is 0. The second-order valence-electron chi connectivity index (χ2n) is 5.16. The Morgan fingerprint density at radius 3 is 2.30 bits per heavy atom. The third-order valence-electron chi connectivity index (χ3n) is 2.99. The van der Waals surface area contributed by atoms with Crippen molar-refractivity contribution >= 4 is 11.5 Å². The topological polar surface area (TPSA) is 32.3 Å². The summed E-state index contributed by atoms with van der Waals surface area (Å²) in [7, 11) is 0. The van der Waals surface area contributed by atoms with E-state index >= 15 is 0 Å². The van der Waals surface area contributed by atoms with Crippen molar-refractivity contribution in [1.29, 1.82) is 0 Å². The molecule has 106 valence electrons. The van der Waals surface area contributed by atoms with Crippen LogP contribution >= 0.6 is 0 Å². The molecule has 0 saturated heterocycles. The number of hydrogen-bond acceptors (Lipinski definition) is 2. The molecular formula is C18H23NO. The molecule has 0 atom stereocenters. The van der Waals surface area contributed by atoms with Gasteiger partial charge in [0.15, 0.2) is 0 Å². The molecule has 2 N–H and O–H groups in total. The highest BCUT2D eigenvalue weighted by Crippen LogP contribution is 2.23. The normalized spacial score (nSPS) is 9.90. The highest BCUT2D eigenvalue weighted by molar-refractivity contribution is 5.75. The molecule has 0 saturated carbocycles. The molecule has 0 spiro atoms. The predicted octanol–water partition coefficient (Wildman–Crippen LogP) is 4.95. The number of nitrogens with one attached hydrogen (secondary N) is 1. The first-order valence-electron chi connectivity index (χ1n) is 6.58. The molecule has 2 nitrogen and oxygen atoms in total. The summed E-state index contributed by atoms with van der Waals surface area (Å²) in [4.78, 5) is 0. The van der Waals surface area contributed by atoms with Crippen LogP contribution in [-0.2, 0) is 0 Å². The molecule has 1 aromatic carbocycles. The minimum absolute atomic E-state index is 0.0375. The van der Waals surface area contributed by atoms with Crippen molar-refractivity contribution in [2.75, 3.05) is 0 Å². The molecule has 0 amide bonds. The fraction of sp³-hybridized carbons (Fsp3) is 0.222. The van der Waals surface area contributed by atoms with E-state index in [1.54, 1.807) is 0 Å². The second kappa shape index (κ2) is 6.80. The van der Waals surface area contributed by atoms with Crippen molar-refractivity contribution < 1.29 is 5.11 Å². The van der Waals surface area contributed by atoms with Gasteiger partial charge < -0.3 is 10.4 Å². The highest BCUT2D eigenvalue weighted by atomic mass is 16.3. The van der Waals surface area contributed by atoms with Gasteiger partial charge in [0.25, 0.3) is 0 Å². The monoisotopic (exact) mass is 269 g/mol. The maximum atomic E-state index is 9.66. The molecule has 0 bridgehead atoms. The summed E-state index contributed by atoms with van der Waals surface area (Å²) >= 11 is 0. The van der Waals surface area contributed by atoms with Gasteiger partial charge in [-0.2, -0.15) is 0 Å². The average Bonchev–Trinajstić information content (AvgIpc) is 2.35. The molecule has 0 aromatic heterocycles. The van der Waals surface area contributed by atoms with E-state index in [9.17, 15) is 5.11 Å². The Morgan fingerprint density at radius 2 is 1.75 bits per heavy atom. The number of benzene rings is 1. The van der Waals surface area contributed by atoms with Crippen LogP contribution in [0.1, 0.15) is 36.5 Å². The van der Waals surface area contributed by atoms with Gasteiger partial charge in [0.05, 0.1) is 0 Å². The van der Waals surface area contributed by atoms with E-state index in [2.05, 4.69) is 31.6 Å². The number of hydrogen-bond donors (Lipinski definition) is 2. The summed E-state index contributed by atoms with van der Waals surface area (Å²) in [6, 6.07) is 5.75. The average molecular weight is 269 g/mol. The van der Waals surface area contributed by atoms with Gasteiger partial charge in [-0.1, -0.05) is 43.0 Å². The van der Waals surface area contributed by atoms with Crippen LogP contribution in [0.3, 0.4) is 0 Å². The van der Waals surface area contributed by atoms with Crippen LogP contribution in [0.15, 0.2) is 55.8 Å². The summed E-state index contributed by atoms with van der Waals surface area (Å²) in [5.41, 5.74) is 5.34. The van der Waals surface area contributed by atoms with Crippen molar-refractivity contribution in [2.24, 2.45) is 0 Å². The van der Waals surface area contributed by atoms with Gasteiger partial charge in [0, 0.05) is 22.5 Å². The Balaban J connectivity index is 2.87. The maximum Gasteiger partial charge on any atom is 0.116 e. The van der Waals surface area contributed by atoms with Crippen molar-refractivity contribution in [3.63, 3.8) is 0 Å². The molecular weight excluding hydrogens is 246 g/mol. The third kappa shape index (κ3) is 4.47. The maximum absolute atomic E-state index is 9.66. The van der Waals surface area contributed by atoms with Crippen LogP contribution in [-0.4, -0.2) is 5.11 Å². The van der Waals surface area contributed by atoms with E-state index in [4.69, 9.17) is 0 Å². The van der Waals surface area contributed by atoms with Gasteiger partial charge in [-0.05, 0) is 32.8 Å². The van der Waals surface area contributed by atoms with Gasteiger partial charge in [0.1, 0.15) is 5.76 Å². The summed E-state index contributed by atoms with van der Waals surface area (Å²) in [5, 5.41) is 12.8. The Kier molecular flexibility index (Phi) is 5.39. The molecule has 0 aliphatic carbocycles. The van der Waals surface area contributed by atoms with E-state index in [0.717, 1.165) is 35.2 Å². The van der Waals surface area contributed by atoms with E-state index in [-0.39, 0.29) is 5.76 Å². The van der Waals surface area contributed by atoms with Gasteiger partial charge in [0.2, 0.25) is 0 Å². The largest absolute Gasteiger partial charge is 0.508 e. The number of rotatable bonds is 7. The summed E-state index contributed by atoms with van der Waals surface area (Å²) in [6.45, 7) is 19.5. The summed E-state index contributed by atoms with van der Waals surface area (Å²) in [5.74, 6) is 0.0375. The Hall–Kier alpha value is -2.22. The van der Waals surface area contributed by atoms with E-state index < -0.39 is 0 Å². The fourth-order valence-electron chi connectivity index (χ4n) is 1.87. The Bertz CT molecular complexity index is 567. The van der Waals surface area contributed by atoms with Crippen LogP contribution in [0.25, 0.3) is 11.5 Å². The van der Waals surface area contributed by atoms with E-state index in [1.807, 2.05) is 32.0 Å². The molecule has 0 aliphatic heterocycles. The molecule has 20 heavy (non-hydrogen) atoms. The molecule has 1 rings (SSSR count). The van der Waals surface area contributed by atoms with Crippen molar-refractivity contribution in [2.45, 2.75) is 26.7 Å². The smallest absolute Gasteiger partial charge is 0.116 e. The molecule has 0 aliphatic rings. The first-order valence-corrected chi connectivity index (χ1v) is 6.58. The van der Waals surface area contributed by atoms with Crippen molar-refractivity contribution in [3.8, 4) is 0 Å². The zero-order chi connectivity index (χ0) is 15.3. The highest BCUT2D eigenvalue weighted by Gasteiger charge is 2.09. The number of allylic oxidation sites excluding steroid dienone is 2. The van der Waals surface area contributed by atoms with Crippen LogP contribution in [0.4, 0.5) is 0 Å². The summed E-state index contributed by atoms with van der Waals surface area (Å²) in [6.07, 6.45) is 1.71. The second-order valence-corrected chi connectivity index (χ2v) is 5.16. The zero-order valence-electron chi connectivity index (χ0n) is 12.4. The van der Waals surface area contributed by atoms with Crippen LogP contribution in [0, 0.1) is 6.92 Å². The van der Waals surface area contributed by atoms with Crippen LogP contribution in [0.5, 0.6) is 0 Å². The van der Waals surface area contributed by atoms with Crippen molar-refractivity contribution in [3.05, 3.63) is 72.5 Å². The molecule has 0 radical (unpaired) electrons. The molecule has 0 unspecified atom stereocenters. The standard InChI is InChI=1S/C18H23NO/c1-12(2)7-9-14(4)19-15(5)18-11-13(3)8-10-17(18)16(6)20/h8,10-11,19-20H,1,4-7,9H2,2-3H3. The van der Waals surface area contributed by atoms with Gasteiger partial charge in [-0.25, -0.2) is 0 Å². The van der Waals surface area contributed by atoms with E-state index in [0.29, 0.717) is 11.3 Å². The fourth-order valence-corrected chi connectivity index (χ4v) is 1.87. The van der Waals surface area contributed by atoms with Gasteiger partial charge in [-0.15, -0.1) is 6.58 Å². The quantitative estimate of drug-likeness (QED) is 0.542. The van der Waals surface area contributed by atoms with Crippen LogP contribution in [0.2, 0.25) is 0 Å².